The molecule has 4 heteroatoms. The van der Waals surface area contributed by atoms with Gasteiger partial charge in [-0.25, -0.2) is 0 Å². The predicted octanol–water partition coefficient (Wildman–Crippen LogP) is -0.269. The maximum atomic E-state index is 8.15. The number of nitrogens with two attached hydrogens (primary N) is 1. The second-order valence-corrected chi connectivity index (χ2v) is 1.80. The molecular formula is C5H13N3O. The van der Waals surface area contributed by atoms with Gasteiger partial charge >= 0.3 is 0 Å². The molecule has 0 amide bonds. The average molecular weight is 131 g/mol. The Morgan fingerprint density at radius 1 is 1.89 bits per heavy atom. The SMILES string of the molecule is CCNC(C)/C(N)=N/O. The summed E-state index contributed by atoms with van der Waals surface area (Å²) in [5.74, 6) is 0.219. The molecule has 0 saturated carbocycles. The van der Waals surface area contributed by atoms with E-state index in [-0.39, 0.29) is 11.9 Å². The Morgan fingerprint density at radius 3 is 2.78 bits per heavy atom. The third kappa shape index (κ3) is 2.92. The molecule has 0 rings (SSSR count). The molecule has 54 valence electrons. The van der Waals surface area contributed by atoms with Crippen molar-refractivity contribution in [1.82, 2.24) is 5.32 Å². The third-order valence-electron chi connectivity index (χ3n) is 1.07. The van der Waals surface area contributed by atoms with Crippen molar-refractivity contribution < 1.29 is 5.21 Å². The van der Waals surface area contributed by atoms with Gasteiger partial charge in [0.1, 0.15) is 0 Å². The van der Waals surface area contributed by atoms with Crippen LogP contribution in [0.15, 0.2) is 5.16 Å². The Morgan fingerprint density at radius 2 is 2.44 bits per heavy atom. The second kappa shape index (κ2) is 4.14. The Bertz CT molecular complexity index is 102. The van der Waals surface area contributed by atoms with E-state index in [4.69, 9.17) is 10.9 Å². The molecule has 0 aromatic carbocycles. The zero-order valence-electron chi connectivity index (χ0n) is 5.76. The average Bonchev–Trinajstić information content (AvgIpc) is 1.87. The van der Waals surface area contributed by atoms with Gasteiger partial charge in [0, 0.05) is 0 Å². The molecule has 0 aromatic rings. The van der Waals surface area contributed by atoms with Crippen LogP contribution in [0.4, 0.5) is 0 Å². The number of hydrogen-bond acceptors (Lipinski definition) is 3. The zero-order valence-corrected chi connectivity index (χ0v) is 5.76. The van der Waals surface area contributed by atoms with Gasteiger partial charge in [0.25, 0.3) is 0 Å². The van der Waals surface area contributed by atoms with E-state index < -0.39 is 0 Å². The van der Waals surface area contributed by atoms with Gasteiger partial charge < -0.3 is 16.3 Å². The molecule has 4 N–H and O–H groups in total. The first kappa shape index (κ1) is 8.23. The standard InChI is InChI=1S/C5H13N3O/c1-3-7-4(2)5(6)8-9/h4,7,9H,3H2,1-2H3,(H2,6,8). The van der Waals surface area contributed by atoms with Crippen LogP contribution >= 0.6 is 0 Å². The zero-order chi connectivity index (χ0) is 7.28. The minimum Gasteiger partial charge on any atom is -0.409 e. The molecule has 9 heavy (non-hydrogen) atoms. The number of rotatable bonds is 3. The number of likely N-dealkylation sites (N-methyl/N-ethyl adjacent to an activating group) is 1. The van der Waals surface area contributed by atoms with Crippen LogP contribution in [-0.2, 0) is 0 Å². The summed E-state index contributed by atoms with van der Waals surface area (Å²) in [4.78, 5) is 0. The van der Waals surface area contributed by atoms with Gasteiger partial charge in [-0.3, -0.25) is 0 Å². The lowest BCUT2D eigenvalue weighted by molar-refractivity contribution is 0.315. The third-order valence-corrected chi connectivity index (χ3v) is 1.07. The van der Waals surface area contributed by atoms with Gasteiger partial charge in [0.2, 0.25) is 0 Å². The smallest absolute Gasteiger partial charge is 0.156 e. The summed E-state index contributed by atoms with van der Waals surface area (Å²) in [5, 5.41) is 14.0. The number of hydrogen-bond donors (Lipinski definition) is 3. The lowest BCUT2D eigenvalue weighted by Crippen LogP contribution is -2.38. The summed E-state index contributed by atoms with van der Waals surface area (Å²) >= 11 is 0. The van der Waals surface area contributed by atoms with Crippen molar-refractivity contribution in [2.24, 2.45) is 10.9 Å². The van der Waals surface area contributed by atoms with E-state index >= 15 is 0 Å². The lowest BCUT2D eigenvalue weighted by Gasteiger charge is -2.08. The summed E-state index contributed by atoms with van der Waals surface area (Å²) in [6.07, 6.45) is 0. The maximum Gasteiger partial charge on any atom is 0.156 e. The Kier molecular flexibility index (Phi) is 3.79. The summed E-state index contributed by atoms with van der Waals surface area (Å²) in [5.41, 5.74) is 5.24. The highest BCUT2D eigenvalue weighted by molar-refractivity contribution is 5.84. The van der Waals surface area contributed by atoms with Crippen LogP contribution in [0, 0.1) is 0 Å². The van der Waals surface area contributed by atoms with Crippen LogP contribution in [0.25, 0.3) is 0 Å². The van der Waals surface area contributed by atoms with Crippen LogP contribution in [-0.4, -0.2) is 23.6 Å². The first-order chi connectivity index (χ1) is 4.22. The fraction of sp³-hybridized carbons (Fsp3) is 0.800. The van der Waals surface area contributed by atoms with Crippen molar-refractivity contribution in [2.45, 2.75) is 19.9 Å². The summed E-state index contributed by atoms with van der Waals surface area (Å²) in [7, 11) is 0. The van der Waals surface area contributed by atoms with Gasteiger partial charge in [-0.2, -0.15) is 0 Å². The number of nitrogens with one attached hydrogen (secondary N) is 1. The van der Waals surface area contributed by atoms with E-state index in [1.165, 1.54) is 0 Å². The first-order valence-electron chi connectivity index (χ1n) is 2.93. The lowest BCUT2D eigenvalue weighted by atomic mass is 10.3. The van der Waals surface area contributed by atoms with Gasteiger partial charge in [0.05, 0.1) is 6.04 Å². The van der Waals surface area contributed by atoms with Crippen molar-refractivity contribution in [3.63, 3.8) is 0 Å². The van der Waals surface area contributed by atoms with E-state index in [0.29, 0.717) is 0 Å². The molecule has 0 aromatic heterocycles. The molecule has 1 atom stereocenters. The van der Waals surface area contributed by atoms with Crippen LogP contribution in [0.2, 0.25) is 0 Å². The molecule has 0 fully saturated rings. The molecule has 0 aliphatic carbocycles. The maximum absolute atomic E-state index is 8.15. The quantitative estimate of drug-likeness (QED) is 0.214. The minimum atomic E-state index is -0.0417. The molecule has 1 unspecified atom stereocenters. The summed E-state index contributed by atoms with van der Waals surface area (Å²) in [6, 6.07) is -0.0417. The monoisotopic (exact) mass is 131 g/mol. The molecular weight excluding hydrogens is 118 g/mol. The molecule has 0 saturated heterocycles. The second-order valence-electron chi connectivity index (χ2n) is 1.80. The molecule has 0 bridgehead atoms. The minimum absolute atomic E-state index is 0.0417. The fourth-order valence-electron chi connectivity index (χ4n) is 0.497. The molecule has 0 aliphatic heterocycles. The molecule has 0 spiro atoms. The topological polar surface area (TPSA) is 70.6 Å². The van der Waals surface area contributed by atoms with Gasteiger partial charge in [0.15, 0.2) is 5.84 Å². The van der Waals surface area contributed by atoms with Crippen molar-refractivity contribution in [3.8, 4) is 0 Å². The molecule has 4 nitrogen and oxygen atoms in total. The van der Waals surface area contributed by atoms with Crippen molar-refractivity contribution in [3.05, 3.63) is 0 Å². The van der Waals surface area contributed by atoms with Crippen molar-refractivity contribution >= 4 is 5.84 Å². The van der Waals surface area contributed by atoms with Crippen molar-refractivity contribution in [1.29, 1.82) is 0 Å². The molecule has 0 aliphatic rings. The van der Waals surface area contributed by atoms with Crippen LogP contribution in [0.5, 0.6) is 0 Å². The Balaban J connectivity index is 3.59. The number of oxime groups is 1. The number of amidine groups is 1. The highest BCUT2D eigenvalue weighted by atomic mass is 16.4. The van der Waals surface area contributed by atoms with Crippen LogP contribution in [0.1, 0.15) is 13.8 Å². The predicted molar refractivity (Wildman–Crippen MR) is 36.5 cm³/mol. The van der Waals surface area contributed by atoms with E-state index in [1.54, 1.807) is 0 Å². The van der Waals surface area contributed by atoms with Crippen LogP contribution in [0.3, 0.4) is 0 Å². The van der Waals surface area contributed by atoms with Crippen molar-refractivity contribution in [2.75, 3.05) is 6.54 Å². The number of nitrogens with zero attached hydrogens (tertiary/aromatic N) is 1. The normalized spacial score (nSPS) is 15.6. The first-order valence-corrected chi connectivity index (χ1v) is 2.93. The van der Waals surface area contributed by atoms with Gasteiger partial charge in [-0.15, -0.1) is 0 Å². The van der Waals surface area contributed by atoms with E-state index in [1.807, 2.05) is 13.8 Å². The summed E-state index contributed by atoms with van der Waals surface area (Å²) in [6.45, 7) is 4.61. The highest BCUT2D eigenvalue weighted by Gasteiger charge is 2.02. The Hall–Kier alpha value is -0.770. The van der Waals surface area contributed by atoms with E-state index in [0.717, 1.165) is 6.54 Å². The van der Waals surface area contributed by atoms with Gasteiger partial charge in [-0.05, 0) is 13.5 Å². The fourth-order valence-corrected chi connectivity index (χ4v) is 0.497. The molecule has 0 radical (unpaired) electrons. The molecule has 0 heterocycles. The van der Waals surface area contributed by atoms with Gasteiger partial charge in [-0.1, -0.05) is 12.1 Å². The van der Waals surface area contributed by atoms with E-state index in [9.17, 15) is 0 Å². The van der Waals surface area contributed by atoms with E-state index in [2.05, 4.69) is 10.5 Å². The van der Waals surface area contributed by atoms with Crippen LogP contribution < -0.4 is 11.1 Å². The largest absolute Gasteiger partial charge is 0.409 e. The summed E-state index contributed by atoms with van der Waals surface area (Å²) < 4.78 is 0. The highest BCUT2D eigenvalue weighted by Crippen LogP contribution is 1.78. The Labute approximate surface area is 54.7 Å².